The summed E-state index contributed by atoms with van der Waals surface area (Å²) in [6, 6.07) is 0. The lowest BCUT2D eigenvalue weighted by molar-refractivity contribution is -0.249. The van der Waals surface area contributed by atoms with Crippen molar-refractivity contribution in [1.29, 1.82) is 0 Å². The third-order valence-electron chi connectivity index (χ3n) is 14.3. The van der Waals surface area contributed by atoms with E-state index in [-0.39, 0.29) is 16.9 Å². The van der Waals surface area contributed by atoms with Crippen molar-refractivity contribution in [3.05, 3.63) is 12.2 Å². The molecule has 0 amide bonds. The molecule has 2 N–H and O–H groups in total. The van der Waals surface area contributed by atoms with Crippen LogP contribution in [0.25, 0.3) is 0 Å². The highest BCUT2D eigenvalue weighted by atomic mass is 16.5. The van der Waals surface area contributed by atoms with Gasteiger partial charge < -0.3 is 14.9 Å². The summed E-state index contributed by atoms with van der Waals surface area (Å²) >= 11 is 0. The summed E-state index contributed by atoms with van der Waals surface area (Å²) in [5, 5.41) is 18.7. The number of aliphatic carboxylic acids is 1. The number of rotatable bonds is 5. The SMILES string of the molecule is C=C(C)[C@@H]1CC[C@]2(C)CC[C@]3(C)[C@H](CC[C@@H]4[C@@]5(C)CC[C@H](OC(=O)C[C@H](O)C(=O)O)C(C)(C)[C@@H]5CC[C@]43C)[C@@H]12. The Kier molecular flexibility index (Phi) is 6.97. The van der Waals surface area contributed by atoms with Crippen molar-refractivity contribution < 1.29 is 24.5 Å². The highest BCUT2D eigenvalue weighted by molar-refractivity contribution is 5.80. The molecule has 5 aliphatic rings. The zero-order chi connectivity index (χ0) is 28.8. The summed E-state index contributed by atoms with van der Waals surface area (Å²) in [7, 11) is 0. The largest absolute Gasteiger partial charge is 0.479 e. The summed E-state index contributed by atoms with van der Waals surface area (Å²) in [5.41, 5.74) is 2.51. The van der Waals surface area contributed by atoms with Crippen molar-refractivity contribution >= 4 is 11.9 Å². The third kappa shape index (κ3) is 4.09. The average molecular weight is 543 g/mol. The van der Waals surface area contributed by atoms with E-state index in [4.69, 9.17) is 9.84 Å². The van der Waals surface area contributed by atoms with E-state index in [0.717, 1.165) is 31.1 Å². The smallest absolute Gasteiger partial charge is 0.333 e. The first-order valence-corrected chi connectivity index (χ1v) is 15.8. The molecule has 0 unspecified atom stereocenters. The van der Waals surface area contributed by atoms with Crippen LogP contribution in [0.2, 0.25) is 0 Å². The van der Waals surface area contributed by atoms with E-state index < -0.39 is 24.5 Å². The van der Waals surface area contributed by atoms with Gasteiger partial charge in [0.05, 0.1) is 6.42 Å². The molecule has 0 heterocycles. The van der Waals surface area contributed by atoms with E-state index in [9.17, 15) is 14.7 Å². The van der Waals surface area contributed by atoms with Crippen LogP contribution in [-0.2, 0) is 14.3 Å². The number of hydrogen-bond acceptors (Lipinski definition) is 4. The third-order valence-corrected chi connectivity index (χ3v) is 14.3. The summed E-state index contributed by atoms with van der Waals surface area (Å²) in [6.45, 7) is 21.7. The molecule has 5 rings (SSSR count). The molecule has 0 aliphatic heterocycles. The maximum absolute atomic E-state index is 12.6. The Morgan fingerprint density at radius 1 is 0.872 bits per heavy atom. The Hall–Kier alpha value is -1.36. The molecule has 0 saturated heterocycles. The van der Waals surface area contributed by atoms with E-state index in [0.29, 0.717) is 34.0 Å². The number of allylic oxidation sites excluding steroid dienone is 1. The van der Waals surface area contributed by atoms with Gasteiger partial charge in [-0.2, -0.15) is 0 Å². The second-order valence-electron chi connectivity index (χ2n) is 16.2. The Balaban J connectivity index is 1.40. The highest BCUT2D eigenvalue weighted by Gasteiger charge is 2.70. The summed E-state index contributed by atoms with van der Waals surface area (Å²) in [4.78, 5) is 23.6. The molecule has 5 saturated carbocycles. The van der Waals surface area contributed by atoms with Gasteiger partial charge >= 0.3 is 11.9 Å². The van der Waals surface area contributed by atoms with Gasteiger partial charge in [-0.3, -0.25) is 4.79 Å². The lowest BCUT2D eigenvalue weighted by Crippen LogP contribution is -2.66. The second kappa shape index (κ2) is 9.33. The Labute approximate surface area is 236 Å². The van der Waals surface area contributed by atoms with E-state index in [2.05, 4.69) is 55.0 Å². The maximum Gasteiger partial charge on any atom is 0.333 e. The zero-order valence-corrected chi connectivity index (χ0v) is 25.6. The van der Waals surface area contributed by atoms with Gasteiger partial charge in [-0.15, -0.1) is 0 Å². The van der Waals surface area contributed by atoms with E-state index in [1.54, 1.807) is 0 Å². The molecule has 5 aliphatic carbocycles. The predicted octanol–water partition coefficient (Wildman–Crippen LogP) is 7.41. The van der Waals surface area contributed by atoms with Crippen LogP contribution in [0.1, 0.15) is 119 Å². The minimum atomic E-state index is -1.71. The quantitative estimate of drug-likeness (QED) is 0.279. The number of carboxylic acid groups (broad SMARTS) is 1. The molecular formula is C34H54O5. The van der Waals surface area contributed by atoms with Gasteiger partial charge in [0.15, 0.2) is 6.10 Å². The van der Waals surface area contributed by atoms with Crippen LogP contribution in [0.15, 0.2) is 12.2 Å². The molecule has 0 aromatic carbocycles. The average Bonchev–Trinajstić information content (AvgIpc) is 3.19. The molecule has 5 fully saturated rings. The topological polar surface area (TPSA) is 83.8 Å². The minimum absolute atomic E-state index is 0.193. The summed E-state index contributed by atoms with van der Waals surface area (Å²) in [6.07, 6.45) is 9.78. The fourth-order valence-corrected chi connectivity index (χ4v) is 12.1. The van der Waals surface area contributed by atoms with Gasteiger partial charge in [-0.25, -0.2) is 4.79 Å². The second-order valence-corrected chi connectivity index (χ2v) is 16.2. The Morgan fingerprint density at radius 3 is 2.21 bits per heavy atom. The van der Waals surface area contributed by atoms with Crippen molar-refractivity contribution in [3.63, 3.8) is 0 Å². The van der Waals surface area contributed by atoms with E-state index in [1.807, 2.05) is 0 Å². The number of esters is 1. The Morgan fingerprint density at radius 2 is 1.56 bits per heavy atom. The van der Waals surface area contributed by atoms with Gasteiger partial charge in [-0.1, -0.05) is 53.7 Å². The fourth-order valence-electron chi connectivity index (χ4n) is 12.1. The van der Waals surface area contributed by atoms with Crippen molar-refractivity contribution in [2.24, 2.45) is 56.7 Å². The number of ether oxygens (including phenoxy) is 1. The molecule has 0 aromatic rings. The lowest BCUT2D eigenvalue weighted by Gasteiger charge is -2.73. The summed E-state index contributed by atoms with van der Waals surface area (Å²) in [5.74, 6) is 1.34. The molecule has 0 bridgehead atoms. The van der Waals surface area contributed by atoms with Crippen molar-refractivity contribution in [3.8, 4) is 0 Å². The monoisotopic (exact) mass is 542 g/mol. The van der Waals surface area contributed by atoms with Crippen LogP contribution in [-0.4, -0.2) is 34.4 Å². The number of aliphatic hydroxyl groups is 1. The zero-order valence-electron chi connectivity index (χ0n) is 25.6. The van der Waals surface area contributed by atoms with Crippen LogP contribution < -0.4 is 0 Å². The standard InChI is InChI=1S/C34H54O5/c1-20(2)21-11-14-31(5)17-18-33(7)22(28(21)31)9-10-25-32(6)15-13-26(39-27(36)19-23(35)29(37)38)30(3,4)24(32)12-16-34(25,33)8/h21-26,28,35H,1,9-19H2,2-8H3,(H,37,38)/t21-,22+,23-,24-,25+,26-,28+,31+,32-,33+,34+/m0/s1. The van der Waals surface area contributed by atoms with Gasteiger partial charge in [-0.05, 0) is 122 Å². The molecule has 39 heavy (non-hydrogen) atoms. The van der Waals surface area contributed by atoms with E-state index >= 15 is 0 Å². The number of fused-ring (bicyclic) bond motifs is 7. The highest BCUT2D eigenvalue weighted by Crippen LogP contribution is 2.77. The molecule has 220 valence electrons. The van der Waals surface area contributed by atoms with Crippen molar-refractivity contribution in [2.75, 3.05) is 0 Å². The van der Waals surface area contributed by atoms with Crippen LogP contribution in [0, 0.1) is 56.7 Å². The first kappa shape index (κ1) is 29.1. The normalized spacial score (nSPS) is 49.0. The van der Waals surface area contributed by atoms with Crippen molar-refractivity contribution in [2.45, 2.75) is 131 Å². The maximum atomic E-state index is 12.6. The first-order chi connectivity index (χ1) is 18.0. The number of carbonyl (C=O) groups is 2. The number of aliphatic hydroxyl groups excluding tert-OH is 1. The Bertz CT molecular complexity index is 1030. The van der Waals surface area contributed by atoms with Crippen LogP contribution in [0.5, 0.6) is 0 Å². The number of carboxylic acids is 1. The van der Waals surface area contributed by atoms with Crippen LogP contribution in [0.4, 0.5) is 0 Å². The van der Waals surface area contributed by atoms with Crippen LogP contribution >= 0.6 is 0 Å². The predicted molar refractivity (Wildman–Crippen MR) is 153 cm³/mol. The van der Waals surface area contributed by atoms with Crippen molar-refractivity contribution in [1.82, 2.24) is 0 Å². The molecule has 5 heteroatoms. The molecular weight excluding hydrogens is 488 g/mol. The molecule has 0 spiro atoms. The fraction of sp³-hybridized carbons (Fsp3) is 0.882. The van der Waals surface area contributed by atoms with Gasteiger partial charge in [0.2, 0.25) is 0 Å². The minimum Gasteiger partial charge on any atom is -0.479 e. The lowest BCUT2D eigenvalue weighted by atomic mass is 9.32. The van der Waals surface area contributed by atoms with Gasteiger partial charge in [0, 0.05) is 5.41 Å². The van der Waals surface area contributed by atoms with E-state index in [1.165, 1.54) is 50.5 Å². The van der Waals surface area contributed by atoms with Gasteiger partial charge in [0.25, 0.3) is 0 Å². The molecule has 5 nitrogen and oxygen atoms in total. The van der Waals surface area contributed by atoms with Crippen LogP contribution in [0.3, 0.4) is 0 Å². The molecule has 11 atom stereocenters. The molecule has 0 aromatic heterocycles. The van der Waals surface area contributed by atoms with Gasteiger partial charge in [0.1, 0.15) is 6.10 Å². The number of hydrogen-bond donors (Lipinski definition) is 2. The summed E-state index contributed by atoms with van der Waals surface area (Å²) < 4.78 is 5.91. The first-order valence-electron chi connectivity index (χ1n) is 15.8. The molecule has 0 radical (unpaired) electrons. The number of carbonyl (C=O) groups excluding carboxylic acids is 1.